The van der Waals surface area contributed by atoms with Crippen molar-refractivity contribution in [2.75, 3.05) is 4.90 Å². The predicted octanol–water partition coefficient (Wildman–Crippen LogP) is 14.4. The van der Waals surface area contributed by atoms with Gasteiger partial charge in [-0.3, -0.25) is 0 Å². The van der Waals surface area contributed by atoms with Gasteiger partial charge in [-0.05, 0) is 74.9 Å². The maximum atomic E-state index is 9.74. The Morgan fingerprint density at radius 1 is 0.404 bits per heavy atom. The number of furan rings is 1. The summed E-state index contributed by atoms with van der Waals surface area (Å²) in [5, 5.41) is 2.11. The van der Waals surface area contributed by atoms with Crippen LogP contribution in [0.25, 0.3) is 76.9 Å². The molecule has 0 saturated heterocycles. The molecule has 0 fully saturated rings. The van der Waals surface area contributed by atoms with Crippen molar-refractivity contribution in [2.45, 2.75) is 0 Å². The van der Waals surface area contributed by atoms with E-state index in [1.165, 1.54) is 6.07 Å². The lowest BCUT2D eigenvalue weighted by atomic mass is 9.95. The van der Waals surface area contributed by atoms with Crippen molar-refractivity contribution < 1.29 is 31.8 Å². The van der Waals surface area contributed by atoms with E-state index < -0.39 is 165 Å². The molecule has 0 spiro atoms. The van der Waals surface area contributed by atoms with Gasteiger partial charge in [-0.25, -0.2) is 0 Å². The summed E-state index contributed by atoms with van der Waals surface area (Å²) in [6.07, 6.45) is 0. The highest BCUT2D eigenvalue weighted by Gasteiger charge is 2.22. The summed E-state index contributed by atoms with van der Waals surface area (Å²) < 4.78 is 185. The standard InChI is InChI=1S/C50H33NO/c1-2-12-34(13-3-1)35-24-26-36(27-25-35)37-28-31-40(32-29-37)51(46-22-10-16-38-14-4-6-17-41(38)46)47-21-9-8-19-43(47)44-20-11-23-48-49(44)45-33-30-39-15-5-7-18-42(39)50(45)52-48/h1-33H/i1D,2D,3D,4D,6D,10D,12D,13D,14D,16D,17D,22D,24D,25D,26D,27D,28D,29D,31D,32D. The Balaban J connectivity index is 1.32. The van der Waals surface area contributed by atoms with Crippen molar-refractivity contribution in [1.82, 2.24) is 0 Å². The van der Waals surface area contributed by atoms with Crippen LogP contribution in [0.5, 0.6) is 0 Å². The number of para-hydroxylation sites is 1. The predicted molar refractivity (Wildman–Crippen MR) is 220 cm³/mol. The molecule has 0 atom stereocenters. The molecule has 2 heteroatoms. The minimum atomic E-state index is -0.930. The van der Waals surface area contributed by atoms with Crippen LogP contribution in [0.1, 0.15) is 27.4 Å². The summed E-state index contributed by atoms with van der Waals surface area (Å²) in [7, 11) is 0. The fourth-order valence-electron chi connectivity index (χ4n) is 6.47. The summed E-state index contributed by atoms with van der Waals surface area (Å²) in [6, 6.07) is 6.55. The van der Waals surface area contributed by atoms with E-state index in [-0.39, 0.29) is 5.69 Å². The van der Waals surface area contributed by atoms with Crippen molar-refractivity contribution in [1.29, 1.82) is 0 Å². The quantitative estimate of drug-likeness (QED) is 0.173. The van der Waals surface area contributed by atoms with Crippen molar-refractivity contribution >= 4 is 60.5 Å². The molecule has 0 unspecified atom stereocenters. The third-order valence-electron chi connectivity index (χ3n) is 8.80. The van der Waals surface area contributed by atoms with E-state index in [9.17, 15) is 8.22 Å². The second-order valence-electron chi connectivity index (χ2n) is 11.7. The number of nitrogens with zero attached hydrogens (tertiary/aromatic N) is 1. The normalized spacial score (nSPS) is 16.8. The minimum Gasteiger partial charge on any atom is -0.455 e. The Hall–Kier alpha value is -6.90. The number of hydrogen-bond acceptors (Lipinski definition) is 2. The highest BCUT2D eigenvalue weighted by molar-refractivity contribution is 6.20. The van der Waals surface area contributed by atoms with Gasteiger partial charge in [-0.15, -0.1) is 0 Å². The van der Waals surface area contributed by atoms with Crippen LogP contribution in [0.3, 0.4) is 0 Å². The van der Waals surface area contributed by atoms with Gasteiger partial charge in [-0.2, -0.15) is 0 Å². The summed E-state index contributed by atoms with van der Waals surface area (Å²) in [4.78, 5) is 1.08. The third kappa shape index (κ3) is 5.04. The van der Waals surface area contributed by atoms with E-state index in [0.717, 1.165) is 15.7 Å². The molecule has 0 N–H and O–H groups in total. The Morgan fingerprint density at radius 2 is 1.06 bits per heavy atom. The van der Waals surface area contributed by atoms with Gasteiger partial charge in [0, 0.05) is 32.8 Å². The first-order chi connectivity index (χ1) is 34.1. The van der Waals surface area contributed by atoms with Gasteiger partial charge in [0.2, 0.25) is 0 Å². The van der Waals surface area contributed by atoms with E-state index in [1.54, 1.807) is 36.4 Å². The minimum absolute atomic E-state index is 0.0141. The topological polar surface area (TPSA) is 16.4 Å². The number of anilines is 3. The van der Waals surface area contributed by atoms with E-state index in [2.05, 4.69) is 0 Å². The molecule has 1 heterocycles. The average molecular weight is 684 g/mol. The number of rotatable bonds is 6. The zero-order valence-electron chi connectivity index (χ0n) is 46.9. The Bertz CT molecular complexity index is 3980. The first kappa shape index (κ1) is 16.0. The molecule has 52 heavy (non-hydrogen) atoms. The van der Waals surface area contributed by atoms with Gasteiger partial charge >= 0.3 is 0 Å². The Morgan fingerprint density at radius 3 is 1.88 bits per heavy atom. The molecule has 10 rings (SSSR count). The zero-order chi connectivity index (χ0) is 51.8. The molecular weight excluding hydrogens is 631 g/mol. The molecule has 0 aliphatic carbocycles. The van der Waals surface area contributed by atoms with Crippen LogP contribution in [0.2, 0.25) is 0 Å². The molecule has 0 amide bonds. The third-order valence-corrected chi connectivity index (χ3v) is 8.80. The van der Waals surface area contributed by atoms with Gasteiger partial charge in [0.05, 0.1) is 38.8 Å². The molecule has 0 saturated carbocycles. The fraction of sp³-hybridized carbons (Fsp3) is 0. The SMILES string of the molecule is [2H]c1c([2H])c([2H])c(-c2c([2H])c([2H])c(-c3c([2H])c([2H])c(N(c4ccccc4-c4cccc5oc6c7ccccc7ccc6c45)c4c([2H])c([2H])c([2H])c5c([2H])c([2H])c([2H])c([2H])c45)c([2H])c3[2H])c([2H])c2[2H])c([2H])c1[2H]. The van der Waals surface area contributed by atoms with Crippen molar-refractivity contribution in [3.63, 3.8) is 0 Å². The fourth-order valence-corrected chi connectivity index (χ4v) is 6.47. The van der Waals surface area contributed by atoms with E-state index in [4.69, 9.17) is 23.6 Å². The van der Waals surface area contributed by atoms with Gasteiger partial charge in [-0.1, -0.05) is 163 Å². The van der Waals surface area contributed by atoms with Gasteiger partial charge in [0.25, 0.3) is 0 Å². The molecule has 10 aromatic rings. The van der Waals surface area contributed by atoms with Crippen LogP contribution in [0.15, 0.2) is 204 Å². The van der Waals surface area contributed by atoms with Crippen molar-refractivity contribution in [3.05, 3.63) is 200 Å². The van der Waals surface area contributed by atoms with Gasteiger partial charge in [0.1, 0.15) is 11.2 Å². The Labute approximate surface area is 330 Å². The molecule has 9 aromatic carbocycles. The Kier molecular flexibility index (Phi) is 3.83. The van der Waals surface area contributed by atoms with Crippen molar-refractivity contribution in [2.24, 2.45) is 0 Å². The lowest BCUT2D eigenvalue weighted by Crippen LogP contribution is -2.11. The largest absolute Gasteiger partial charge is 0.455 e. The molecular formula is C50H33NO. The maximum Gasteiger partial charge on any atom is 0.143 e. The molecule has 0 aliphatic rings. The summed E-state index contributed by atoms with van der Waals surface area (Å²) in [5.74, 6) is 0. The highest BCUT2D eigenvalue weighted by Crippen LogP contribution is 2.47. The highest BCUT2D eigenvalue weighted by atomic mass is 16.3. The first-order valence-corrected chi connectivity index (χ1v) is 16.1. The van der Waals surface area contributed by atoms with Crippen LogP contribution in [-0.4, -0.2) is 0 Å². The van der Waals surface area contributed by atoms with Crippen LogP contribution in [0.4, 0.5) is 17.1 Å². The lowest BCUT2D eigenvalue weighted by Gasteiger charge is -2.29. The van der Waals surface area contributed by atoms with Gasteiger partial charge in [0.15, 0.2) is 0 Å². The molecule has 0 bridgehead atoms. The van der Waals surface area contributed by atoms with E-state index in [0.29, 0.717) is 33.1 Å². The van der Waals surface area contributed by atoms with Crippen LogP contribution >= 0.6 is 0 Å². The van der Waals surface area contributed by atoms with Crippen molar-refractivity contribution in [3.8, 4) is 33.4 Å². The second-order valence-corrected chi connectivity index (χ2v) is 11.7. The zero-order valence-corrected chi connectivity index (χ0v) is 26.9. The molecule has 0 aliphatic heterocycles. The second kappa shape index (κ2) is 12.5. The van der Waals surface area contributed by atoms with Crippen LogP contribution in [-0.2, 0) is 0 Å². The lowest BCUT2D eigenvalue weighted by molar-refractivity contribution is 0.673. The molecule has 2 nitrogen and oxygen atoms in total. The smallest absolute Gasteiger partial charge is 0.143 e. The maximum absolute atomic E-state index is 9.74. The summed E-state index contributed by atoms with van der Waals surface area (Å²) in [6.45, 7) is 0. The number of benzene rings is 9. The van der Waals surface area contributed by atoms with Crippen LogP contribution < -0.4 is 4.90 Å². The number of fused-ring (bicyclic) bond motifs is 6. The monoisotopic (exact) mass is 683 g/mol. The van der Waals surface area contributed by atoms with Gasteiger partial charge < -0.3 is 9.32 Å². The van der Waals surface area contributed by atoms with E-state index >= 15 is 0 Å². The first-order valence-electron chi connectivity index (χ1n) is 26.1. The number of hydrogen-bond donors (Lipinski definition) is 0. The molecule has 0 radical (unpaired) electrons. The van der Waals surface area contributed by atoms with Crippen LogP contribution in [0, 0.1) is 0 Å². The van der Waals surface area contributed by atoms with E-state index in [1.807, 2.05) is 36.4 Å². The summed E-state index contributed by atoms with van der Waals surface area (Å²) >= 11 is 0. The summed E-state index contributed by atoms with van der Waals surface area (Å²) in [5.41, 5.74) is -2.05. The average Bonchev–Trinajstić information content (AvgIpc) is 3.77. The molecule has 1 aromatic heterocycles. The molecule has 244 valence electrons.